The van der Waals surface area contributed by atoms with Crippen LogP contribution in [-0.2, 0) is 6.61 Å². The molecule has 0 radical (unpaired) electrons. The molecule has 0 N–H and O–H groups in total. The second-order valence-corrected chi connectivity index (χ2v) is 7.66. The summed E-state index contributed by atoms with van der Waals surface area (Å²) in [7, 11) is 1.50. The Morgan fingerprint density at radius 1 is 1.09 bits per heavy atom. The summed E-state index contributed by atoms with van der Waals surface area (Å²) in [6.45, 7) is 0.0128. The maximum absolute atomic E-state index is 10.9. The molecular weight excluding hydrogens is 475 g/mol. The Labute approximate surface area is 199 Å². The van der Waals surface area contributed by atoms with Gasteiger partial charge in [-0.05, 0) is 42.0 Å². The summed E-state index contributed by atoms with van der Waals surface area (Å²) in [5.74, 6) is 0.811. The van der Waals surface area contributed by atoms with Crippen molar-refractivity contribution in [3.05, 3.63) is 96.5 Å². The summed E-state index contributed by atoms with van der Waals surface area (Å²) in [6, 6.07) is 16.3. The lowest BCUT2D eigenvalue weighted by atomic mass is 10.0. The molecule has 32 heavy (non-hydrogen) atoms. The van der Waals surface area contributed by atoms with E-state index in [0.29, 0.717) is 38.2 Å². The monoisotopic (exact) mass is 488 g/mol. The van der Waals surface area contributed by atoms with Gasteiger partial charge in [0.1, 0.15) is 6.61 Å². The van der Waals surface area contributed by atoms with Crippen molar-refractivity contribution in [1.82, 2.24) is 0 Å². The molecule has 3 rings (SSSR count). The maximum atomic E-state index is 10.9. The molecule has 3 aromatic rings. The van der Waals surface area contributed by atoms with Crippen molar-refractivity contribution in [1.29, 1.82) is 5.26 Å². The molecule has 0 spiro atoms. The minimum absolute atomic E-state index is 0.0128. The molecule has 0 bridgehead atoms. The Kier molecular flexibility index (Phi) is 7.60. The van der Waals surface area contributed by atoms with Crippen LogP contribution in [0.15, 0.2) is 54.6 Å². The van der Waals surface area contributed by atoms with Gasteiger partial charge in [-0.25, -0.2) is 0 Å². The summed E-state index contributed by atoms with van der Waals surface area (Å²) < 4.78 is 11.4. The van der Waals surface area contributed by atoms with Gasteiger partial charge in [0, 0.05) is 28.3 Å². The summed E-state index contributed by atoms with van der Waals surface area (Å²) >= 11 is 18.6. The Hall–Kier alpha value is -3.24. The number of nitrogens with zero attached hydrogens (tertiary/aromatic N) is 2. The third-order valence-corrected chi connectivity index (χ3v) is 5.74. The highest BCUT2D eigenvalue weighted by atomic mass is 35.5. The van der Waals surface area contributed by atoms with Crippen LogP contribution in [-0.4, -0.2) is 12.0 Å². The maximum Gasteiger partial charge on any atom is 0.269 e. The first kappa shape index (κ1) is 23.4. The second kappa shape index (κ2) is 10.4. The van der Waals surface area contributed by atoms with Gasteiger partial charge < -0.3 is 9.47 Å². The SMILES string of the molecule is COc1cccc(C=C(C#N)c2ccc([N+](=O)[O-])cc2)c1OCc1c(Cl)ccc(Cl)c1Cl. The first-order valence-electron chi connectivity index (χ1n) is 9.14. The zero-order valence-corrected chi connectivity index (χ0v) is 18.9. The largest absolute Gasteiger partial charge is 0.493 e. The summed E-state index contributed by atoms with van der Waals surface area (Å²) in [6.07, 6.45) is 1.61. The fourth-order valence-corrected chi connectivity index (χ4v) is 3.56. The first-order chi connectivity index (χ1) is 15.3. The Balaban J connectivity index is 2.00. The van der Waals surface area contributed by atoms with Crippen LogP contribution in [0.5, 0.6) is 11.5 Å². The number of benzene rings is 3. The van der Waals surface area contributed by atoms with E-state index < -0.39 is 4.92 Å². The van der Waals surface area contributed by atoms with Crippen LogP contribution in [0.4, 0.5) is 5.69 Å². The quantitative estimate of drug-likeness (QED) is 0.115. The minimum atomic E-state index is -0.500. The van der Waals surface area contributed by atoms with Crippen molar-refractivity contribution >= 4 is 52.1 Å². The standard InChI is InChI=1S/C23H15Cl3N2O4/c1-31-21-4-2-3-15(11-16(12-27)14-5-7-17(8-6-14)28(29)30)23(21)32-13-18-19(24)9-10-20(25)22(18)26/h2-11H,13H2,1H3. The molecule has 162 valence electrons. The van der Waals surface area contributed by atoms with E-state index in [1.807, 2.05) is 0 Å². The van der Waals surface area contributed by atoms with E-state index >= 15 is 0 Å². The third-order valence-electron chi connectivity index (χ3n) is 4.54. The van der Waals surface area contributed by atoms with E-state index in [1.165, 1.54) is 31.4 Å². The van der Waals surface area contributed by atoms with Crippen molar-refractivity contribution in [2.24, 2.45) is 0 Å². The normalized spacial score (nSPS) is 11.0. The molecule has 0 amide bonds. The summed E-state index contributed by atoms with van der Waals surface area (Å²) in [5.41, 5.74) is 1.82. The van der Waals surface area contributed by atoms with Gasteiger partial charge >= 0.3 is 0 Å². The number of nitro groups is 1. The highest BCUT2D eigenvalue weighted by Crippen LogP contribution is 2.37. The topological polar surface area (TPSA) is 85.4 Å². The van der Waals surface area contributed by atoms with E-state index in [-0.39, 0.29) is 22.9 Å². The van der Waals surface area contributed by atoms with Gasteiger partial charge in [-0.3, -0.25) is 10.1 Å². The van der Waals surface area contributed by atoms with E-state index in [2.05, 4.69) is 6.07 Å². The Morgan fingerprint density at radius 3 is 2.41 bits per heavy atom. The van der Waals surface area contributed by atoms with Gasteiger partial charge in [0.05, 0.1) is 33.7 Å². The van der Waals surface area contributed by atoms with Gasteiger partial charge in [0.15, 0.2) is 11.5 Å². The van der Waals surface area contributed by atoms with Crippen LogP contribution >= 0.6 is 34.8 Å². The number of halogens is 3. The predicted octanol–water partition coefficient (Wildman–Crippen LogP) is 7.21. The number of nitro benzene ring substituents is 1. The van der Waals surface area contributed by atoms with E-state index in [0.717, 1.165) is 0 Å². The number of rotatable bonds is 7. The lowest BCUT2D eigenvalue weighted by Crippen LogP contribution is -2.01. The zero-order valence-electron chi connectivity index (χ0n) is 16.6. The van der Waals surface area contributed by atoms with E-state index in [4.69, 9.17) is 44.3 Å². The number of methoxy groups -OCH3 is 1. The minimum Gasteiger partial charge on any atom is -0.493 e. The fraction of sp³-hybridized carbons (Fsp3) is 0.0870. The molecule has 0 atom stereocenters. The molecule has 0 aliphatic rings. The number of nitriles is 1. The van der Waals surface area contributed by atoms with Crippen LogP contribution < -0.4 is 9.47 Å². The molecule has 0 unspecified atom stereocenters. The summed E-state index contributed by atoms with van der Waals surface area (Å²) in [5, 5.41) is 21.6. The van der Waals surface area contributed by atoms with Gasteiger partial charge in [-0.15, -0.1) is 0 Å². The molecule has 9 heteroatoms. The van der Waals surface area contributed by atoms with Gasteiger partial charge in [-0.2, -0.15) is 5.26 Å². The molecule has 0 aliphatic carbocycles. The smallest absolute Gasteiger partial charge is 0.269 e. The van der Waals surface area contributed by atoms with Crippen LogP contribution in [0.3, 0.4) is 0 Å². The fourth-order valence-electron chi connectivity index (χ4n) is 2.91. The highest BCUT2D eigenvalue weighted by Gasteiger charge is 2.15. The molecule has 0 saturated carbocycles. The van der Waals surface area contributed by atoms with Crippen molar-refractivity contribution < 1.29 is 14.4 Å². The number of allylic oxidation sites excluding steroid dienone is 1. The molecule has 0 heterocycles. The third kappa shape index (κ3) is 5.14. The zero-order chi connectivity index (χ0) is 23.3. The first-order valence-corrected chi connectivity index (χ1v) is 10.3. The van der Waals surface area contributed by atoms with Crippen molar-refractivity contribution in [3.63, 3.8) is 0 Å². The van der Waals surface area contributed by atoms with Gasteiger partial charge in [0.2, 0.25) is 0 Å². The van der Waals surface area contributed by atoms with Crippen LogP contribution in [0.1, 0.15) is 16.7 Å². The molecule has 0 saturated heterocycles. The predicted molar refractivity (Wildman–Crippen MR) is 125 cm³/mol. The number of para-hydroxylation sites is 1. The number of hydrogen-bond donors (Lipinski definition) is 0. The average Bonchev–Trinajstić information content (AvgIpc) is 2.80. The lowest BCUT2D eigenvalue weighted by Gasteiger charge is -2.15. The Bertz CT molecular complexity index is 1240. The molecular formula is C23H15Cl3N2O4. The highest BCUT2D eigenvalue weighted by molar-refractivity contribution is 6.44. The number of ether oxygens (including phenoxy) is 2. The van der Waals surface area contributed by atoms with E-state index in [1.54, 1.807) is 36.4 Å². The number of hydrogen-bond acceptors (Lipinski definition) is 5. The average molecular weight is 490 g/mol. The molecule has 0 aromatic heterocycles. The van der Waals surface area contributed by atoms with Crippen LogP contribution in [0.25, 0.3) is 11.6 Å². The number of non-ortho nitro benzene ring substituents is 1. The Morgan fingerprint density at radius 2 is 1.78 bits per heavy atom. The second-order valence-electron chi connectivity index (χ2n) is 6.46. The van der Waals surface area contributed by atoms with Crippen molar-refractivity contribution in [3.8, 4) is 17.6 Å². The van der Waals surface area contributed by atoms with Gasteiger partial charge in [0.25, 0.3) is 5.69 Å². The van der Waals surface area contributed by atoms with Gasteiger partial charge in [-0.1, -0.05) is 46.9 Å². The molecule has 0 aliphatic heterocycles. The van der Waals surface area contributed by atoms with Crippen LogP contribution in [0.2, 0.25) is 15.1 Å². The van der Waals surface area contributed by atoms with E-state index in [9.17, 15) is 15.4 Å². The molecule has 3 aromatic carbocycles. The molecule has 6 nitrogen and oxygen atoms in total. The molecule has 0 fully saturated rings. The van der Waals surface area contributed by atoms with Crippen LogP contribution in [0, 0.1) is 21.4 Å². The lowest BCUT2D eigenvalue weighted by molar-refractivity contribution is -0.384. The van der Waals surface area contributed by atoms with Crippen molar-refractivity contribution in [2.45, 2.75) is 6.61 Å². The summed E-state index contributed by atoms with van der Waals surface area (Å²) in [4.78, 5) is 10.4. The van der Waals surface area contributed by atoms with Crippen molar-refractivity contribution in [2.75, 3.05) is 7.11 Å².